The lowest BCUT2D eigenvalue weighted by molar-refractivity contribution is 0.232. The van der Waals surface area contributed by atoms with E-state index in [0.717, 1.165) is 27.9 Å². The van der Waals surface area contributed by atoms with E-state index < -0.39 is 0 Å². The number of ether oxygens (including phenoxy) is 2. The molecule has 0 amide bonds. The van der Waals surface area contributed by atoms with Crippen molar-refractivity contribution >= 4 is 31.9 Å². The molecule has 1 rings (SSSR count). The van der Waals surface area contributed by atoms with Crippen molar-refractivity contribution in [2.24, 2.45) is 5.92 Å². The summed E-state index contributed by atoms with van der Waals surface area (Å²) in [6.45, 7) is 7.75. The summed E-state index contributed by atoms with van der Waals surface area (Å²) in [4.78, 5) is 0. The van der Waals surface area contributed by atoms with Crippen molar-refractivity contribution in [1.82, 2.24) is 0 Å². The summed E-state index contributed by atoms with van der Waals surface area (Å²) in [6.07, 6.45) is 2.37. The zero-order valence-corrected chi connectivity index (χ0v) is 15.0. The van der Waals surface area contributed by atoms with E-state index in [0.29, 0.717) is 12.5 Å². The molecular weight excluding hydrogens is 372 g/mol. The van der Waals surface area contributed by atoms with E-state index in [1.165, 1.54) is 18.4 Å². The van der Waals surface area contributed by atoms with Crippen LogP contribution in [0.2, 0.25) is 0 Å². The SMILES string of the molecule is CCCC(C)COc1c(Br)cc(CBr)cc1OCC. The van der Waals surface area contributed by atoms with Gasteiger partial charge in [-0.15, -0.1) is 0 Å². The van der Waals surface area contributed by atoms with Gasteiger partial charge >= 0.3 is 0 Å². The molecule has 0 radical (unpaired) electrons. The predicted molar refractivity (Wildman–Crippen MR) is 87.5 cm³/mol. The van der Waals surface area contributed by atoms with E-state index in [1.54, 1.807) is 0 Å². The molecule has 1 atom stereocenters. The van der Waals surface area contributed by atoms with Gasteiger partial charge in [-0.2, -0.15) is 0 Å². The highest BCUT2D eigenvalue weighted by atomic mass is 79.9. The maximum absolute atomic E-state index is 5.95. The van der Waals surface area contributed by atoms with Gasteiger partial charge in [0, 0.05) is 5.33 Å². The summed E-state index contributed by atoms with van der Waals surface area (Å²) in [7, 11) is 0. The van der Waals surface area contributed by atoms with Gasteiger partial charge in [0.1, 0.15) is 0 Å². The van der Waals surface area contributed by atoms with Crippen LogP contribution in [-0.2, 0) is 5.33 Å². The van der Waals surface area contributed by atoms with Gasteiger partial charge in [0.2, 0.25) is 0 Å². The number of halogens is 2. The molecule has 1 unspecified atom stereocenters. The summed E-state index contributed by atoms with van der Waals surface area (Å²) >= 11 is 7.04. The van der Waals surface area contributed by atoms with Gasteiger partial charge in [-0.05, 0) is 52.9 Å². The molecule has 0 aromatic heterocycles. The Bertz CT molecular complexity index is 394. The lowest BCUT2D eigenvalue weighted by atomic mass is 10.1. The lowest BCUT2D eigenvalue weighted by Crippen LogP contribution is -2.09. The van der Waals surface area contributed by atoms with E-state index in [2.05, 4.69) is 51.8 Å². The van der Waals surface area contributed by atoms with Crippen LogP contribution in [0, 0.1) is 5.92 Å². The normalized spacial score (nSPS) is 12.3. The van der Waals surface area contributed by atoms with E-state index in [9.17, 15) is 0 Å². The van der Waals surface area contributed by atoms with Crippen molar-refractivity contribution in [1.29, 1.82) is 0 Å². The third-order valence-corrected chi connectivity index (χ3v) is 4.05. The minimum Gasteiger partial charge on any atom is -0.490 e. The molecule has 0 aliphatic heterocycles. The summed E-state index contributed by atoms with van der Waals surface area (Å²) in [6, 6.07) is 4.10. The monoisotopic (exact) mass is 392 g/mol. The largest absolute Gasteiger partial charge is 0.490 e. The standard InChI is InChI=1S/C15H22Br2O2/c1-4-6-11(3)10-19-15-13(17)7-12(9-16)8-14(15)18-5-2/h7-8,11H,4-6,9-10H2,1-3H3. The van der Waals surface area contributed by atoms with Crippen LogP contribution < -0.4 is 9.47 Å². The number of hydrogen-bond donors (Lipinski definition) is 0. The Morgan fingerprint density at radius 1 is 1.21 bits per heavy atom. The molecule has 0 aliphatic rings. The minimum atomic E-state index is 0.558. The van der Waals surface area contributed by atoms with Crippen molar-refractivity contribution in [3.63, 3.8) is 0 Å². The molecule has 108 valence electrons. The highest BCUT2D eigenvalue weighted by Crippen LogP contribution is 2.37. The summed E-state index contributed by atoms with van der Waals surface area (Å²) in [5.41, 5.74) is 1.17. The van der Waals surface area contributed by atoms with Gasteiger partial charge in [-0.25, -0.2) is 0 Å². The average molecular weight is 394 g/mol. The van der Waals surface area contributed by atoms with Crippen LogP contribution in [0.1, 0.15) is 39.2 Å². The van der Waals surface area contributed by atoms with Gasteiger partial charge in [0.25, 0.3) is 0 Å². The quantitative estimate of drug-likeness (QED) is 0.538. The molecular formula is C15H22Br2O2. The lowest BCUT2D eigenvalue weighted by Gasteiger charge is -2.17. The van der Waals surface area contributed by atoms with Gasteiger partial charge in [-0.1, -0.05) is 36.2 Å². The molecule has 0 saturated carbocycles. The number of alkyl halides is 1. The molecule has 1 aromatic carbocycles. The first kappa shape index (κ1) is 16.8. The predicted octanol–water partition coefficient (Wildman–Crippen LogP) is 5.56. The molecule has 0 fully saturated rings. The van der Waals surface area contributed by atoms with E-state index in [-0.39, 0.29) is 0 Å². The van der Waals surface area contributed by atoms with Crippen LogP contribution in [0.4, 0.5) is 0 Å². The first-order valence-electron chi connectivity index (χ1n) is 6.76. The number of rotatable bonds is 8. The third-order valence-electron chi connectivity index (χ3n) is 2.82. The molecule has 0 aliphatic carbocycles. The van der Waals surface area contributed by atoms with Crippen LogP contribution >= 0.6 is 31.9 Å². The van der Waals surface area contributed by atoms with Crippen LogP contribution in [0.15, 0.2) is 16.6 Å². The van der Waals surface area contributed by atoms with Crippen molar-refractivity contribution in [3.05, 3.63) is 22.2 Å². The first-order chi connectivity index (χ1) is 9.12. The molecule has 4 heteroatoms. The second kappa shape index (κ2) is 8.85. The molecule has 2 nitrogen and oxygen atoms in total. The van der Waals surface area contributed by atoms with E-state index in [4.69, 9.17) is 9.47 Å². The fourth-order valence-corrected chi connectivity index (χ4v) is 2.83. The Hall–Kier alpha value is -0.220. The Morgan fingerprint density at radius 2 is 1.95 bits per heavy atom. The van der Waals surface area contributed by atoms with E-state index in [1.807, 2.05) is 13.0 Å². The smallest absolute Gasteiger partial charge is 0.175 e. The molecule has 0 N–H and O–H groups in total. The van der Waals surface area contributed by atoms with Crippen LogP contribution in [-0.4, -0.2) is 13.2 Å². The number of hydrogen-bond acceptors (Lipinski definition) is 2. The Kier molecular flexibility index (Phi) is 7.84. The number of benzene rings is 1. The second-order valence-corrected chi connectivity index (χ2v) is 6.09. The van der Waals surface area contributed by atoms with E-state index >= 15 is 0 Å². The molecule has 0 bridgehead atoms. The minimum absolute atomic E-state index is 0.558. The maximum atomic E-state index is 5.95. The Labute approximate surface area is 133 Å². The zero-order valence-electron chi connectivity index (χ0n) is 11.8. The van der Waals surface area contributed by atoms with Crippen molar-refractivity contribution in [2.75, 3.05) is 13.2 Å². The molecule has 0 spiro atoms. The van der Waals surface area contributed by atoms with Gasteiger partial charge in [0.05, 0.1) is 17.7 Å². The highest BCUT2D eigenvalue weighted by Gasteiger charge is 2.13. The van der Waals surface area contributed by atoms with Gasteiger partial charge < -0.3 is 9.47 Å². The Morgan fingerprint density at radius 3 is 2.53 bits per heavy atom. The van der Waals surface area contributed by atoms with Gasteiger partial charge in [-0.3, -0.25) is 0 Å². The first-order valence-corrected chi connectivity index (χ1v) is 8.67. The van der Waals surface area contributed by atoms with Crippen molar-refractivity contribution in [2.45, 2.75) is 38.9 Å². The average Bonchev–Trinajstić information content (AvgIpc) is 2.38. The highest BCUT2D eigenvalue weighted by molar-refractivity contribution is 9.10. The maximum Gasteiger partial charge on any atom is 0.175 e. The summed E-state index contributed by atoms with van der Waals surface area (Å²) in [5.74, 6) is 2.19. The molecule has 19 heavy (non-hydrogen) atoms. The third kappa shape index (κ3) is 5.35. The van der Waals surface area contributed by atoms with Crippen LogP contribution in [0.25, 0.3) is 0 Å². The molecule has 1 aromatic rings. The fraction of sp³-hybridized carbons (Fsp3) is 0.600. The Balaban J connectivity index is 2.85. The second-order valence-electron chi connectivity index (χ2n) is 4.68. The fourth-order valence-electron chi connectivity index (χ4n) is 1.90. The molecule has 0 saturated heterocycles. The summed E-state index contributed by atoms with van der Waals surface area (Å²) in [5, 5.41) is 0.804. The van der Waals surface area contributed by atoms with Crippen LogP contribution in [0.5, 0.6) is 11.5 Å². The van der Waals surface area contributed by atoms with Gasteiger partial charge in [0.15, 0.2) is 11.5 Å². The zero-order chi connectivity index (χ0) is 14.3. The van der Waals surface area contributed by atoms with Crippen LogP contribution in [0.3, 0.4) is 0 Å². The van der Waals surface area contributed by atoms with Crippen molar-refractivity contribution in [3.8, 4) is 11.5 Å². The topological polar surface area (TPSA) is 18.5 Å². The van der Waals surface area contributed by atoms with Crippen molar-refractivity contribution < 1.29 is 9.47 Å². The summed E-state index contributed by atoms with van der Waals surface area (Å²) < 4.78 is 12.6. The molecule has 0 heterocycles.